The lowest BCUT2D eigenvalue weighted by Crippen LogP contribution is -2.43. The molecule has 1 atom stereocenters. The maximum atomic E-state index is 3.77. The molecule has 0 aromatic heterocycles. The highest BCUT2D eigenvalue weighted by atomic mass is 79.9. The van der Waals surface area contributed by atoms with E-state index in [9.17, 15) is 0 Å². The predicted molar refractivity (Wildman–Crippen MR) is 72.5 cm³/mol. The summed E-state index contributed by atoms with van der Waals surface area (Å²) in [7, 11) is 0. The van der Waals surface area contributed by atoms with Gasteiger partial charge in [0, 0.05) is 4.83 Å². The highest BCUT2D eigenvalue weighted by Crippen LogP contribution is 2.56. The van der Waals surface area contributed by atoms with Gasteiger partial charge in [-0.3, -0.25) is 0 Å². The Morgan fingerprint density at radius 2 is 1.60 bits per heavy atom. The summed E-state index contributed by atoms with van der Waals surface area (Å²) in [5, 5.41) is 0. The Balaban J connectivity index is 3.13. The first-order chi connectivity index (χ1) is 7.09. The molecule has 0 aromatic rings. The van der Waals surface area contributed by atoms with E-state index >= 15 is 0 Å². The maximum Gasteiger partial charge on any atom is 0.0331 e. The number of alkyl halides is 1. The van der Waals surface area contributed by atoms with E-state index in [-0.39, 0.29) is 0 Å². The van der Waals surface area contributed by atoms with E-state index in [1.807, 2.05) is 0 Å². The third kappa shape index (κ3) is 2.05. The average molecular weight is 273 g/mol. The van der Waals surface area contributed by atoms with E-state index in [1.165, 1.54) is 32.1 Å². The van der Waals surface area contributed by atoms with E-state index in [2.05, 4.69) is 55.8 Å². The molecule has 0 bridgehead atoms. The highest BCUT2D eigenvalue weighted by molar-refractivity contribution is 9.09. The standard InChI is InChI=1S/C14H25Br/c1-5-13(6-2)10-9-12(15)11-14(13,7-3)8-4/h9-10,12H,5-8,11H2,1-4H3. The molecule has 0 radical (unpaired) electrons. The Morgan fingerprint density at radius 3 is 2.00 bits per heavy atom. The molecule has 15 heavy (non-hydrogen) atoms. The molecule has 0 heterocycles. The minimum absolute atomic E-state index is 0.445. The lowest BCUT2D eigenvalue weighted by Gasteiger charge is -2.52. The van der Waals surface area contributed by atoms with Crippen molar-refractivity contribution in [2.24, 2.45) is 10.8 Å². The van der Waals surface area contributed by atoms with Crippen molar-refractivity contribution in [3.63, 3.8) is 0 Å². The fourth-order valence-electron chi connectivity index (χ4n) is 3.59. The second-order valence-corrected chi connectivity index (χ2v) is 6.11. The molecule has 0 amide bonds. The van der Waals surface area contributed by atoms with Crippen LogP contribution in [0, 0.1) is 10.8 Å². The van der Waals surface area contributed by atoms with Crippen LogP contribution in [0.15, 0.2) is 12.2 Å². The minimum Gasteiger partial charge on any atom is -0.0845 e. The smallest absolute Gasteiger partial charge is 0.0331 e. The van der Waals surface area contributed by atoms with Crippen molar-refractivity contribution in [1.29, 1.82) is 0 Å². The van der Waals surface area contributed by atoms with E-state index in [0.29, 0.717) is 15.7 Å². The molecule has 1 aliphatic rings. The second-order valence-electron chi connectivity index (χ2n) is 4.93. The van der Waals surface area contributed by atoms with Gasteiger partial charge in [-0.1, -0.05) is 55.8 Å². The van der Waals surface area contributed by atoms with Crippen molar-refractivity contribution in [2.45, 2.75) is 64.6 Å². The molecular weight excluding hydrogens is 248 g/mol. The molecule has 0 aliphatic heterocycles. The number of halogens is 1. The first-order valence-corrected chi connectivity index (χ1v) is 7.34. The van der Waals surface area contributed by atoms with Gasteiger partial charge in [0.1, 0.15) is 0 Å². The normalized spacial score (nSPS) is 27.9. The fourth-order valence-corrected chi connectivity index (χ4v) is 4.36. The van der Waals surface area contributed by atoms with Gasteiger partial charge in [-0.05, 0) is 42.9 Å². The van der Waals surface area contributed by atoms with Crippen LogP contribution in [0.1, 0.15) is 59.8 Å². The molecule has 0 N–H and O–H groups in total. The van der Waals surface area contributed by atoms with E-state index in [1.54, 1.807) is 0 Å². The summed E-state index contributed by atoms with van der Waals surface area (Å²) in [5.74, 6) is 0. The molecule has 0 fully saturated rings. The Kier molecular flexibility index (Phi) is 4.46. The van der Waals surface area contributed by atoms with Gasteiger partial charge >= 0.3 is 0 Å². The topological polar surface area (TPSA) is 0 Å². The third-order valence-corrected chi connectivity index (χ3v) is 5.51. The molecule has 0 nitrogen and oxygen atoms in total. The second kappa shape index (κ2) is 5.03. The van der Waals surface area contributed by atoms with Gasteiger partial charge in [-0.15, -0.1) is 0 Å². The summed E-state index contributed by atoms with van der Waals surface area (Å²) < 4.78 is 0. The Hall–Kier alpha value is 0.220. The third-order valence-electron chi connectivity index (χ3n) is 4.88. The molecule has 88 valence electrons. The van der Waals surface area contributed by atoms with Crippen LogP contribution in [0.2, 0.25) is 0 Å². The van der Waals surface area contributed by atoms with Crippen LogP contribution >= 0.6 is 15.9 Å². The molecule has 1 unspecified atom stereocenters. The summed E-state index contributed by atoms with van der Waals surface area (Å²) in [6, 6.07) is 0. The van der Waals surface area contributed by atoms with Crippen LogP contribution in [0.4, 0.5) is 0 Å². The molecule has 1 aliphatic carbocycles. The lowest BCUT2D eigenvalue weighted by atomic mass is 9.54. The Bertz CT molecular complexity index is 221. The largest absolute Gasteiger partial charge is 0.0845 e. The van der Waals surface area contributed by atoms with Gasteiger partial charge in [-0.2, -0.15) is 0 Å². The van der Waals surface area contributed by atoms with Crippen LogP contribution in [-0.2, 0) is 0 Å². The average Bonchev–Trinajstić information content (AvgIpc) is 2.29. The van der Waals surface area contributed by atoms with Crippen molar-refractivity contribution in [2.75, 3.05) is 0 Å². The Labute approximate surface area is 104 Å². The summed E-state index contributed by atoms with van der Waals surface area (Å²) >= 11 is 3.77. The van der Waals surface area contributed by atoms with Gasteiger partial charge in [0.15, 0.2) is 0 Å². The van der Waals surface area contributed by atoms with Gasteiger partial charge in [0.2, 0.25) is 0 Å². The van der Waals surface area contributed by atoms with E-state index in [4.69, 9.17) is 0 Å². The number of rotatable bonds is 4. The summed E-state index contributed by atoms with van der Waals surface area (Å²) in [6.07, 6.45) is 11.3. The molecule has 0 aromatic carbocycles. The molecule has 0 saturated heterocycles. The lowest BCUT2D eigenvalue weighted by molar-refractivity contribution is 0.0441. The summed E-state index contributed by atoms with van der Waals surface area (Å²) in [4.78, 5) is 0.587. The van der Waals surface area contributed by atoms with E-state index in [0.717, 1.165) is 0 Å². The van der Waals surface area contributed by atoms with Gasteiger partial charge in [-0.25, -0.2) is 0 Å². The van der Waals surface area contributed by atoms with Crippen molar-refractivity contribution in [1.82, 2.24) is 0 Å². The van der Waals surface area contributed by atoms with Crippen molar-refractivity contribution in [3.8, 4) is 0 Å². The van der Waals surface area contributed by atoms with Crippen molar-refractivity contribution >= 4 is 15.9 Å². The van der Waals surface area contributed by atoms with Crippen LogP contribution in [0.3, 0.4) is 0 Å². The maximum absolute atomic E-state index is 3.77. The minimum atomic E-state index is 0.445. The monoisotopic (exact) mass is 272 g/mol. The van der Waals surface area contributed by atoms with Crippen LogP contribution in [0.25, 0.3) is 0 Å². The molecular formula is C14H25Br. The van der Waals surface area contributed by atoms with E-state index < -0.39 is 0 Å². The number of allylic oxidation sites excluding steroid dienone is 2. The van der Waals surface area contributed by atoms with Crippen LogP contribution in [0.5, 0.6) is 0 Å². The zero-order valence-electron chi connectivity index (χ0n) is 10.6. The SMILES string of the molecule is CCC1(CC)C=CC(Br)CC1(CC)CC. The van der Waals surface area contributed by atoms with Gasteiger partial charge in [0.05, 0.1) is 0 Å². The molecule has 0 spiro atoms. The molecule has 0 saturated carbocycles. The summed E-state index contributed by atoms with van der Waals surface area (Å²) in [5.41, 5.74) is 0.959. The fraction of sp³-hybridized carbons (Fsp3) is 0.857. The number of hydrogen-bond donors (Lipinski definition) is 0. The summed E-state index contributed by atoms with van der Waals surface area (Å²) in [6.45, 7) is 9.43. The highest BCUT2D eigenvalue weighted by Gasteiger charge is 2.47. The Morgan fingerprint density at radius 1 is 1.07 bits per heavy atom. The zero-order valence-corrected chi connectivity index (χ0v) is 12.2. The molecule has 1 rings (SSSR count). The van der Waals surface area contributed by atoms with Crippen LogP contribution in [-0.4, -0.2) is 4.83 Å². The van der Waals surface area contributed by atoms with Crippen molar-refractivity contribution < 1.29 is 0 Å². The predicted octanol–water partition coefficient (Wildman–Crippen LogP) is 5.32. The van der Waals surface area contributed by atoms with Gasteiger partial charge in [0.25, 0.3) is 0 Å². The molecule has 1 heteroatoms. The van der Waals surface area contributed by atoms with Crippen molar-refractivity contribution in [3.05, 3.63) is 12.2 Å². The van der Waals surface area contributed by atoms with Gasteiger partial charge < -0.3 is 0 Å². The number of hydrogen-bond acceptors (Lipinski definition) is 0. The van der Waals surface area contributed by atoms with Crippen LogP contribution < -0.4 is 0 Å². The first kappa shape index (κ1) is 13.3. The quantitative estimate of drug-likeness (QED) is 0.480. The first-order valence-electron chi connectivity index (χ1n) is 6.43. The zero-order chi connectivity index (χ0) is 11.5.